The zero-order valence-electron chi connectivity index (χ0n) is 14.0. The third-order valence-electron chi connectivity index (χ3n) is 4.47. The SMILES string of the molecule is C1=C(COc2ccccc2)C(COc2ccccc2)c2ccccc21. The van der Waals surface area contributed by atoms with Crippen molar-refractivity contribution in [3.63, 3.8) is 0 Å². The Hall–Kier alpha value is -3.00. The molecule has 0 aliphatic heterocycles. The zero-order chi connectivity index (χ0) is 16.9. The molecule has 1 atom stereocenters. The topological polar surface area (TPSA) is 18.5 Å². The highest BCUT2D eigenvalue weighted by Crippen LogP contribution is 2.36. The predicted octanol–water partition coefficient (Wildman–Crippen LogP) is 5.33. The number of ether oxygens (including phenoxy) is 2. The molecule has 0 saturated heterocycles. The van der Waals surface area contributed by atoms with Crippen LogP contribution in [-0.4, -0.2) is 13.2 Å². The lowest BCUT2D eigenvalue weighted by Gasteiger charge is -2.18. The Balaban J connectivity index is 1.50. The Morgan fingerprint density at radius 2 is 1.24 bits per heavy atom. The molecule has 2 nitrogen and oxygen atoms in total. The molecule has 25 heavy (non-hydrogen) atoms. The van der Waals surface area contributed by atoms with Crippen LogP contribution in [0.25, 0.3) is 6.08 Å². The van der Waals surface area contributed by atoms with E-state index in [9.17, 15) is 0 Å². The first-order chi connectivity index (χ1) is 12.4. The average Bonchev–Trinajstić information content (AvgIpc) is 3.04. The van der Waals surface area contributed by atoms with Gasteiger partial charge in [-0.05, 0) is 41.0 Å². The summed E-state index contributed by atoms with van der Waals surface area (Å²) in [5.74, 6) is 2.01. The van der Waals surface area contributed by atoms with Crippen molar-refractivity contribution in [1.29, 1.82) is 0 Å². The average molecular weight is 328 g/mol. The summed E-state index contributed by atoms with van der Waals surface area (Å²) < 4.78 is 12.0. The van der Waals surface area contributed by atoms with Crippen molar-refractivity contribution < 1.29 is 9.47 Å². The lowest BCUT2D eigenvalue weighted by atomic mass is 9.97. The van der Waals surface area contributed by atoms with Crippen molar-refractivity contribution in [2.45, 2.75) is 5.92 Å². The molecule has 3 aromatic carbocycles. The molecule has 4 rings (SSSR count). The Kier molecular flexibility index (Phi) is 4.51. The van der Waals surface area contributed by atoms with Crippen LogP contribution in [0, 0.1) is 0 Å². The Labute approximate surface area is 148 Å². The minimum absolute atomic E-state index is 0.222. The Bertz CT molecular complexity index is 854. The maximum atomic E-state index is 6.03. The van der Waals surface area contributed by atoms with Crippen LogP contribution in [0.5, 0.6) is 11.5 Å². The Morgan fingerprint density at radius 3 is 1.96 bits per heavy atom. The second kappa shape index (κ2) is 7.27. The van der Waals surface area contributed by atoms with Crippen LogP contribution in [0.4, 0.5) is 0 Å². The van der Waals surface area contributed by atoms with E-state index in [-0.39, 0.29) is 5.92 Å². The van der Waals surface area contributed by atoms with Crippen LogP contribution in [0.1, 0.15) is 17.0 Å². The van der Waals surface area contributed by atoms with Gasteiger partial charge in [-0.25, -0.2) is 0 Å². The molecule has 124 valence electrons. The monoisotopic (exact) mass is 328 g/mol. The summed E-state index contributed by atoms with van der Waals surface area (Å²) in [6.45, 7) is 1.19. The molecule has 0 radical (unpaired) electrons. The van der Waals surface area contributed by atoms with Gasteiger partial charge in [0.05, 0.1) is 6.61 Å². The number of hydrogen-bond donors (Lipinski definition) is 0. The number of rotatable bonds is 6. The van der Waals surface area contributed by atoms with Gasteiger partial charge in [0.2, 0.25) is 0 Å². The molecule has 1 aliphatic carbocycles. The predicted molar refractivity (Wildman–Crippen MR) is 101 cm³/mol. The summed E-state index contributed by atoms with van der Waals surface area (Å²) in [6.07, 6.45) is 2.23. The lowest BCUT2D eigenvalue weighted by molar-refractivity contribution is 0.285. The van der Waals surface area contributed by atoms with E-state index in [1.165, 1.54) is 16.7 Å². The van der Waals surface area contributed by atoms with Crippen LogP contribution in [-0.2, 0) is 0 Å². The molecule has 2 heteroatoms. The number of para-hydroxylation sites is 2. The second-order valence-electron chi connectivity index (χ2n) is 6.13. The summed E-state index contributed by atoms with van der Waals surface area (Å²) in [7, 11) is 0. The molecule has 0 aromatic heterocycles. The summed E-state index contributed by atoms with van der Waals surface area (Å²) in [5.41, 5.74) is 3.82. The molecule has 0 heterocycles. The van der Waals surface area contributed by atoms with E-state index in [0.29, 0.717) is 13.2 Å². The van der Waals surface area contributed by atoms with Crippen molar-refractivity contribution in [1.82, 2.24) is 0 Å². The first-order valence-corrected chi connectivity index (χ1v) is 8.55. The molecular weight excluding hydrogens is 308 g/mol. The van der Waals surface area contributed by atoms with Gasteiger partial charge in [0, 0.05) is 5.92 Å². The smallest absolute Gasteiger partial charge is 0.119 e. The summed E-state index contributed by atoms with van der Waals surface area (Å²) in [6, 6.07) is 28.4. The van der Waals surface area contributed by atoms with Crippen LogP contribution < -0.4 is 9.47 Å². The minimum atomic E-state index is 0.222. The molecule has 3 aromatic rings. The molecule has 0 amide bonds. The van der Waals surface area contributed by atoms with E-state index in [1.54, 1.807) is 0 Å². The number of benzene rings is 3. The van der Waals surface area contributed by atoms with Gasteiger partial charge < -0.3 is 9.47 Å². The van der Waals surface area contributed by atoms with E-state index in [1.807, 2.05) is 60.7 Å². The standard InChI is InChI=1S/C23H20O2/c1-3-10-20(11-4-1)24-16-19-15-18-9-7-8-14-22(18)23(19)17-25-21-12-5-2-6-13-21/h1-15,23H,16-17H2. The first kappa shape index (κ1) is 15.5. The minimum Gasteiger partial charge on any atom is -0.493 e. The van der Waals surface area contributed by atoms with E-state index < -0.39 is 0 Å². The fourth-order valence-electron chi connectivity index (χ4n) is 3.18. The van der Waals surface area contributed by atoms with Gasteiger partial charge in [0.15, 0.2) is 0 Å². The van der Waals surface area contributed by atoms with Gasteiger partial charge in [-0.3, -0.25) is 0 Å². The van der Waals surface area contributed by atoms with Gasteiger partial charge in [-0.2, -0.15) is 0 Å². The van der Waals surface area contributed by atoms with E-state index >= 15 is 0 Å². The highest BCUT2D eigenvalue weighted by atomic mass is 16.5. The fourth-order valence-corrected chi connectivity index (χ4v) is 3.18. The van der Waals surface area contributed by atoms with Crippen molar-refractivity contribution in [3.05, 3.63) is 102 Å². The lowest BCUT2D eigenvalue weighted by Crippen LogP contribution is -2.14. The van der Waals surface area contributed by atoms with E-state index in [2.05, 4.69) is 30.3 Å². The highest BCUT2D eigenvalue weighted by molar-refractivity contribution is 5.66. The van der Waals surface area contributed by atoms with Gasteiger partial charge in [0.1, 0.15) is 18.1 Å². The summed E-state index contributed by atoms with van der Waals surface area (Å²) in [4.78, 5) is 0. The maximum absolute atomic E-state index is 6.03. The van der Waals surface area contributed by atoms with Gasteiger partial charge in [0.25, 0.3) is 0 Å². The third-order valence-corrected chi connectivity index (χ3v) is 4.47. The van der Waals surface area contributed by atoms with Crippen LogP contribution >= 0.6 is 0 Å². The molecule has 0 bridgehead atoms. The van der Waals surface area contributed by atoms with E-state index in [0.717, 1.165) is 11.5 Å². The molecule has 0 N–H and O–H groups in total. The normalized spacial score (nSPS) is 15.4. The van der Waals surface area contributed by atoms with Crippen LogP contribution in [0.15, 0.2) is 90.5 Å². The van der Waals surface area contributed by atoms with Crippen molar-refractivity contribution in [2.75, 3.05) is 13.2 Å². The molecule has 0 spiro atoms. The first-order valence-electron chi connectivity index (χ1n) is 8.55. The molecule has 0 fully saturated rings. The largest absolute Gasteiger partial charge is 0.493 e. The quantitative estimate of drug-likeness (QED) is 0.609. The number of fused-ring (bicyclic) bond motifs is 1. The third kappa shape index (κ3) is 3.58. The molecular formula is C23H20O2. The highest BCUT2D eigenvalue weighted by Gasteiger charge is 2.26. The van der Waals surface area contributed by atoms with Gasteiger partial charge >= 0.3 is 0 Å². The molecule has 1 unspecified atom stereocenters. The summed E-state index contributed by atoms with van der Waals surface area (Å²) >= 11 is 0. The maximum Gasteiger partial charge on any atom is 0.119 e. The van der Waals surface area contributed by atoms with Crippen molar-refractivity contribution >= 4 is 6.08 Å². The van der Waals surface area contributed by atoms with Gasteiger partial charge in [-0.15, -0.1) is 0 Å². The Morgan fingerprint density at radius 1 is 0.640 bits per heavy atom. The van der Waals surface area contributed by atoms with Crippen LogP contribution in [0.3, 0.4) is 0 Å². The van der Waals surface area contributed by atoms with Gasteiger partial charge in [-0.1, -0.05) is 66.7 Å². The molecule has 1 aliphatic rings. The van der Waals surface area contributed by atoms with Crippen LogP contribution in [0.2, 0.25) is 0 Å². The van der Waals surface area contributed by atoms with Crippen molar-refractivity contribution in [2.24, 2.45) is 0 Å². The fraction of sp³-hybridized carbons (Fsp3) is 0.130. The summed E-state index contributed by atoms with van der Waals surface area (Å²) in [5, 5.41) is 0. The van der Waals surface area contributed by atoms with E-state index in [4.69, 9.17) is 9.47 Å². The zero-order valence-corrected chi connectivity index (χ0v) is 14.0. The number of hydrogen-bond acceptors (Lipinski definition) is 2. The molecule has 0 saturated carbocycles. The second-order valence-corrected chi connectivity index (χ2v) is 6.13. The van der Waals surface area contributed by atoms with Crippen molar-refractivity contribution in [3.8, 4) is 11.5 Å².